The standard InChI is InChI=1S/C16H16FN3O2/c1-9-13(5-4-12(18)15(9)17)22-11-6-7-19-14(8-11)20-16(21)10-2-3-10/h4-8,10H,2-3,18H2,1H3,(H,19,20,21). The zero-order valence-electron chi connectivity index (χ0n) is 12.1. The highest BCUT2D eigenvalue weighted by atomic mass is 19.1. The molecule has 22 heavy (non-hydrogen) atoms. The number of halogens is 1. The van der Waals surface area contributed by atoms with Gasteiger partial charge in [0.25, 0.3) is 0 Å². The largest absolute Gasteiger partial charge is 0.457 e. The molecule has 3 N–H and O–H groups in total. The molecule has 1 heterocycles. The molecule has 1 amide bonds. The molecule has 114 valence electrons. The van der Waals surface area contributed by atoms with E-state index in [9.17, 15) is 9.18 Å². The minimum Gasteiger partial charge on any atom is -0.457 e. The Morgan fingerprint density at radius 1 is 1.41 bits per heavy atom. The Bertz CT molecular complexity index is 729. The second kappa shape index (κ2) is 5.63. The Labute approximate surface area is 127 Å². The smallest absolute Gasteiger partial charge is 0.228 e. The summed E-state index contributed by atoms with van der Waals surface area (Å²) in [4.78, 5) is 15.8. The van der Waals surface area contributed by atoms with Crippen molar-refractivity contribution in [2.45, 2.75) is 19.8 Å². The van der Waals surface area contributed by atoms with Gasteiger partial charge in [0, 0.05) is 23.7 Å². The summed E-state index contributed by atoms with van der Waals surface area (Å²) in [6.45, 7) is 1.60. The Balaban J connectivity index is 1.78. The minimum absolute atomic E-state index is 0.0284. The fourth-order valence-electron chi connectivity index (χ4n) is 2.04. The van der Waals surface area contributed by atoms with Crippen LogP contribution >= 0.6 is 0 Å². The third-order valence-corrected chi connectivity index (χ3v) is 3.53. The van der Waals surface area contributed by atoms with Crippen LogP contribution in [0.1, 0.15) is 18.4 Å². The van der Waals surface area contributed by atoms with Gasteiger partial charge in [0.2, 0.25) is 5.91 Å². The van der Waals surface area contributed by atoms with E-state index >= 15 is 0 Å². The number of nitrogen functional groups attached to an aromatic ring is 1. The van der Waals surface area contributed by atoms with Gasteiger partial charge in [-0.05, 0) is 38.0 Å². The van der Waals surface area contributed by atoms with Crippen LogP contribution in [0.5, 0.6) is 11.5 Å². The van der Waals surface area contributed by atoms with Crippen LogP contribution in [0.15, 0.2) is 30.5 Å². The van der Waals surface area contributed by atoms with E-state index in [4.69, 9.17) is 10.5 Å². The molecule has 1 aromatic carbocycles. The number of hydrogen-bond acceptors (Lipinski definition) is 4. The number of ether oxygens (including phenoxy) is 1. The molecule has 1 saturated carbocycles. The average molecular weight is 301 g/mol. The molecular formula is C16H16FN3O2. The number of nitrogens with zero attached hydrogens (tertiary/aromatic N) is 1. The van der Waals surface area contributed by atoms with Gasteiger partial charge < -0.3 is 15.8 Å². The fourth-order valence-corrected chi connectivity index (χ4v) is 2.04. The van der Waals surface area contributed by atoms with E-state index in [-0.39, 0.29) is 17.5 Å². The molecule has 0 radical (unpaired) electrons. The van der Waals surface area contributed by atoms with Crippen LogP contribution in [0, 0.1) is 18.7 Å². The Hall–Kier alpha value is -2.63. The number of anilines is 2. The molecule has 0 saturated heterocycles. The zero-order valence-corrected chi connectivity index (χ0v) is 12.1. The lowest BCUT2D eigenvalue weighted by Gasteiger charge is -2.11. The summed E-state index contributed by atoms with van der Waals surface area (Å²) in [5.74, 6) is 0.835. The Morgan fingerprint density at radius 3 is 2.91 bits per heavy atom. The fraction of sp³-hybridized carbons (Fsp3) is 0.250. The predicted octanol–water partition coefficient (Wildman–Crippen LogP) is 3.25. The van der Waals surface area contributed by atoms with Gasteiger partial charge >= 0.3 is 0 Å². The molecule has 1 aliphatic rings. The van der Waals surface area contributed by atoms with Gasteiger partial charge in [-0.2, -0.15) is 0 Å². The summed E-state index contributed by atoms with van der Waals surface area (Å²) in [6.07, 6.45) is 3.37. The molecule has 0 atom stereocenters. The second-order valence-corrected chi connectivity index (χ2v) is 5.33. The first-order valence-electron chi connectivity index (χ1n) is 7.04. The van der Waals surface area contributed by atoms with Crippen LogP contribution in [0.4, 0.5) is 15.9 Å². The third kappa shape index (κ3) is 3.00. The molecule has 6 heteroatoms. The SMILES string of the molecule is Cc1c(Oc2ccnc(NC(=O)C3CC3)c2)ccc(N)c1F. The van der Waals surface area contributed by atoms with E-state index in [1.165, 1.54) is 12.3 Å². The molecule has 0 spiro atoms. The zero-order chi connectivity index (χ0) is 15.7. The summed E-state index contributed by atoms with van der Waals surface area (Å²) in [5, 5.41) is 2.74. The number of nitrogens with one attached hydrogen (secondary N) is 1. The number of amides is 1. The maximum atomic E-state index is 13.8. The van der Waals surface area contributed by atoms with Crippen LogP contribution in [0.25, 0.3) is 0 Å². The molecule has 1 aliphatic carbocycles. The van der Waals surface area contributed by atoms with Crippen LogP contribution in [-0.4, -0.2) is 10.9 Å². The number of carbonyl (C=O) groups is 1. The first-order valence-corrected chi connectivity index (χ1v) is 7.04. The van der Waals surface area contributed by atoms with Crippen LogP contribution in [-0.2, 0) is 4.79 Å². The molecule has 0 aliphatic heterocycles. The van der Waals surface area contributed by atoms with Crippen molar-refractivity contribution in [3.05, 3.63) is 41.8 Å². The van der Waals surface area contributed by atoms with E-state index in [1.54, 1.807) is 25.1 Å². The van der Waals surface area contributed by atoms with E-state index in [2.05, 4.69) is 10.3 Å². The van der Waals surface area contributed by atoms with E-state index in [0.717, 1.165) is 12.8 Å². The van der Waals surface area contributed by atoms with Crippen molar-refractivity contribution in [2.75, 3.05) is 11.1 Å². The monoisotopic (exact) mass is 301 g/mol. The van der Waals surface area contributed by atoms with E-state index in [1.807, 2.05) is 0 Å². The quantitative estimate of drug-likeness (QED) is 0.850. The molecule has 5 nitrogen and oxygen atoms in total. The predicted molar refractivity (Wildman–Crippen MR) is 81.2 cm³/mol. The third-order valence-electron chi connectivity index (χ3n) is 3.53. The Kier molecular flexibility index (Phi) is 3.66. The van der Waals surface area contributed by atoms with Crippen molar-refractivity contribution in [3.63, 3.8) is 0 Å². The van der Waals surface area contributed by atoms with Crippen molar-refractivity contribution in [1.29, 1.82) is 0 Å². The van der Waals surface area contributed by atoms with Crippen molar-refractivity contribution >= 4 is 17.4 Å². The van der Waals surface area contributed by atoms with Gasteiger partial charge in [-0.3, -0.25) is 4.79 Å². The van der Waals surface area contributed by atoms with Gasteiger partial charge in [-0.25, -0.2) is 9.37 Å². The lowest BCUT2D eigenvalue weighted by Crippen LogP contribution is -2.14. The van der Waals surface area contributed by atoms with Crippen molar-refractivity contribution in [2.24, 2.45) is 5.92 Å². The maximum absolute atomic E-state index is 13.8. The lowest BCUT2D eigenvalue weighted by atomic mass is 10.2. The Morgan fingerprint density at radius 2 is 2.18 bits per heavy atom. The van der Waals surface area contributed by atoms with Crippen LogP contribution in [0.3, 0.4) is 0 Å². The first-order chi connectivity index (χ1) is 10.5. The van der Waals surface area contributed by atoms with E-state index in [0.29, 0.717) is 22.9 Å². The highest BCUT2D eigenvalue weighted by Gasteiger charge is 2.29. The topological polar surface area (TPSA) is 77.2 Å². The summed E-state index contributed by atoms with van der Waals surface area (Å²) in [6, 6.07) is 6.31. The van der Waals surface area contributed by atoms with Crippen LogP contribution < -0.4 is 15.8 Å². The number of nitrogens with two attached hydrogens (primary N) is 1. The van der Waals surface area contributed by atoms with Crippen LogP contribution in [0.2, 0.25) is 0 Å². The minimum atomic E-state index is -0.492. The maximum Gasteiger partial charge on any atom is 0.228 e. The molecular weight excluding hydrogens is 285 g/mol. The number of pyridine rings is 1. The second-order valence-electron chi connectivity index (χ2n) is 5.33. The molecule has 0 bridgehead atoms. The van der Waals surface area contributed by atoms with Crippen molar-refractivity contribution in [1.82, 2.24) is 4.98 Å². The summed E-state index contributed by atoms with van der Waals surface area (Å²) in [7, 11) is 0. The van der Waals surface area contributed by atoms with E-state index < -0.39 is 5.82 Å². The molecule has 2 aromatic rings. The molecule has 1 aromatic heterocycles. The molecule has 1 fully saturated rings. The average Bonchev–Trinajstić information content (AvgIpc) is 3.33. The summed E-state index contributed by atoms with van der Waals surface area (Å²) in [5.41, 5.74) is 5.92. The number of aromatic nitrogens is 1. The highest BCUT2D eigenvalue weighted by molar-refractivity contribution is 5.93. The van der Waals surface area contributed by atoms with Crippen molar-refractivity contribution < 1.29 is 13.9 Å². The number of hydrogen-bond donors (Lipinski definition) is 2. The normalized spacial score (nSPS) is 13.7. The van der Waals surface area contributed by atoms with Gasteiger partial charge in [-0.15, -0.1) is 0 Å². The first kappa shape index (κ1) is 14.3. The lowest BCUT2D eigenvalue weighted by molar-refractivity contribution is -0.117. The summed E-state index contributed by atoms with van der Waals surface area (Å²) >= 11 is 0. The highest BCUT2D eigenvalue weighted by Crippen LogP contribution is 2.32. The molecule has 3 rings (SSSR count). The summed E-state index contributed by atoms with van der Waals surface area (Å²) < 4.78 is 19.4. The molecule has 0 unspecified atom stereocenters. The number of carbonyl (C=O) groups excluding carboxylic acids is 1. The van der Waals surface area contributed by atoms with Gasteiger partial charge in [-0.1, -0.05) is 0 Å². The van der Waals surface area contributed by atoms with Crippen molar-refractivity contribution in [3.8, 4) is 11.5 Å². The van der Waals surface area contributed by atoms with Gasteiger partial charge in [0.15, 0.2) is 5.82 Å². The van der Waals surface area contributed by atoms with Gasteiger partial charge in [0.1, 0.15) is 17.3 Å². The number of rotatable bonds is 4. The van der Waals surface area contributed by atoms with Gasteiger partial charge in [0.05, 0.1) is 5.69 Å². The number of benzene rings is 1.